The predicted octanol–water partition coefficient (Wildman–Crippen LogP) is 2.95. The largest absolute Gasteiger partial charge is 0.377 e. The van der Waals surface area contributed by atoms with Crippen molar-refractivity contribution in [3.63, 3.8) is 0 Å². The van der Waals surface area contributed by atoms with Crippen molar-refractivity contribution in [3.8, 4) is 0 Å². The summed E-state index contributed by atoms with van der Waals surface area (Å²) in [5.74, 6) is 0. The number of halogens is 1. The third-order valence-electron chi connectivity index (χ3n) is 3.61. The number of hydrogen-bond donors (Lipinski definition) is 1. The highest BCUT2D eigenvalue weighted by Gasteiger charge is 2.22. The highest BCUT2D eigenvalue weighted by Crippen LogP contribution is 2.28. The molecular formula is C15H23BrN2O. The zero-order valence-corrected chi connectivity index (χ0v) is 13.3. The molecule has 2 atom stereocenters. The Morgan fingerprint density at radius 1 is 1.53 bits per heavy atom. The summed E-state index contributed by atoms with van der Waals surface area (Å²) >= 11 is 3.67. The molecule has 19 heavy (non-hydrogen) atoms. The standard InChI is InChI=1S/C15H23BrN2O/c1-3-13-10-19-7-6-18(13)14-5-4-12(8-11(2)17)15(16)9-14/h4-5,9,11,13H,3,6-8,10,17H2,1-2H3. The molecule has 0 radical (unpaired) electrons. The summed E-state index contributed by atoms with van der Waals surface area (Å²) in [6.45, 7) is 6.87. The second kappa shape index (κ2) is 6.73. The summed E-state index contributed by atoms with van der Waals surface area (Å²) in [4.78, 5) is 2.45. The maximum atomic E-state index is 5.87. The van der Waals surface area contributed by atoms with E-state index in [1.165, 1.54) is 11.3 Å². The number of hydrogen-bond acceptors (Lipinski definition) is 3. The summed E-state index contributed by atoms with van der Waals surface area (Å²) in [6.07, 6.45) is 2.01. The minimum atomic E-state index is 0.189. The van der Waals surface area contributed by atoms with E-state index in [4.69, 9.17) is 10.5 Å². The second-order valence-corrected chi connectivity index (χ2v) is 6.14. The van der Waals surface area contributed by atoms with Gasteiger partial charge in [0.05, 0.1) is 19.3 Å². The number of rotatable bonds is 4. The number of benzene rings is 1. The second-order valence-electron chi connectivity index (χ2n) is 5.29. The van der Waals surface area contributed by atoms with Crippen LogP contribution in [0.15, 0.2) is 22.7 Å². The molecule has 0 spiro atoms. The van der Waals surface area contributed by atoms with Crippen molar-refractivity contribution in [1.29, 1.82) is 0 Å². The summed E-state index contributed by atoms with van der Waals surface area (Å²) in [7, 11) is 0. The fraction of sp³-hybridized carbons (Fsp3) is 0.600. The van der Waals surface area contributed by atoms with Crippen molar-refractivity contribution in [3.05, 3.63) is 28.2 Å². The van der Waals surface area contributed by atoms with Crippen molar-refractivity contribution in [1.82, 2.24) is 0 Å². The Morgan fingerprint density at radius 3 is 2.95 bits per heavy atom. The van der Waals surface area contributed by atoms with E-state index in [-0.39, 0.29) is 6.04 Å². The number of morpholine rings is 1. The van der Waals surface area contributed by atoms with Gasteiger partial charge in [-0.05, 0) is 37.5 Å². The molecule has 1 aliphatic rings. The average molecular weight is 327 g/mol. The van der Waals surface area contributed by atoms with Crippen molar-refractivity contribution < 1.29 is 4.74 Å². The first kappa shape index (κ1) is 14.8. The minimum Gasteiger partial charge on any atom is -0.377 e. The van der Waals surface area contributed by atoms with Crippen LogP contribution in [0.4, 0.5) is 5.69 Å². The zero-order chi connectivity index (χ0) is 13.8. The van der Waals surface area contributed by atoms with Gasteiger partial charge in [0.25, 0.3) is 0 Å². The summed E-state index contributed by atoms with van der Waals surface area (Å²) in [5.41, 5.74) is 8.42. The summed E-state index contributed by atoms with van der Waals surface area (Å²) in [5, 5.41) is 0. The fourth-order valence-electron chi connectivity index (χ4n) is 2.56. The van der Waals surface area contributed by atoms with Gasteiger partial charge >= 0.3 is 0 Å². The molecule has 1 aliphatic heterocycles. The van der Waals surface area contributed by atoms with Crippen LogP contribution in [-0.4, -0.2) is 31.8 Å². The van der Waals surface area contributed by atoms with E-state index in [0.29, 0.717) is 6.04 Å². The van der Waals surface area contributed by atoms with Gasteiger partial charge in [-0.1, -0.05) is 28.9 Å². The SMILES string of the molecule is CCC1COCCN1c1ccc(CC(C)N)c(Br)c1. The van der Waals surface area contributed by atoms with Crippen molar-refractivity contribution in [2.75, 3.05) is 24.7 Å². The molecule has 1 saturated heterocycles. The molecule has 0 aromatic heterocycles. The molecule has 0 saturated carbocycles. The van der Waals surface area contributed by atoms with E-state index in [9.17, 15) is 0 Å². The van der Waals surface area contributed by atoms with Crippen LogP contribution in [0.5, 0.6) is 0 Å². The lowest BCUT2D eigenvalue weighted by molar-refractivity contribution is 0.0930. The van der Waals surface area contributed by atoms with Crippen LogP contribution in [0.3, 0.4) is 0 Å². The Kier molecular flexibility index (Phi) is 5.25. The highest BCUT2D eigenvalue weighted by molar-refractivity contribution is 9.10. The van der Waals surface area contributed by atoms with Gasteiger partial charge in [-0.25, -0.2) is 0 Å². The Labute approximate surface area is 124 Å². The zero-order valence-electron chi connectivity index (χ0n) is 11.7. The first-order valence-electron chi connectivity index (χ1n) is 7.00. The monoisotopic (exact) mass is 326 g/mol. The molecule has 0 aliphatic carbocycles. The normalized spacial score (nSPS) is 21.5. The molecule has 4 heteroatoms. The molecule has 2 rings (SSSR count). The maximum Gasteiger partial charge on any atom is 0.0670 e. The number of nitrogens with zero attached hydrogens (tertiary/aromatic N) is 1. The lowest BCUT2D eigenvalue weighted by Gasteiger charge is -2.37. The predicted molar refractivity (Wildman–Crippen MR) is 83.7 cm³/mol. The van der Waals surface area contributed by atoms with E-state index in [1.807, 2.05) is 6.92 Å². The van der Waals surface area contributed by atoms with Gasteiger partial charge in [-0.3, -0.25) is 0 Å². The third kappa shape index (κ3) is 3.71. The van der Waals surface area contributed by atoms with Crippen LogP contribution in [0.25, 0.3) is 0 Å². The van der Waals surface area contributed by atoms with Gasteiger partial charge in [-0.2, -0.15) is 0 Å². The van der Waals surface area contributed by atoms with Crippen molar-refractivity contribution in [2.45, 2.75) is 38.8 Å². The molecule has 1 heterocycles. The van der Waals surface area contributed by atoms with E-state index < -0.39 is 0 Å². The van der Waals surface area contributed by atoms with Gasteiger partial charge in [0, 0.05) is 22.7 Å². The molecular weight excluding hydrogens is 304 g/mol. The Hall–Kier alpha value is -0.580. The molecule has 2 N–H and O–H groups in total. The maximum absolute atomic E-state index is 5.87. The molecule has 0 bridgehead atoms. The van der Waals surface area contributed by atoms with Crippen LogP contribution >= 0.6 is 15.9 Å². The van der Waals surface area contributed by atoms with Gasteiger partial charge < -0.3 is 15.4 Å². The van der Waals surface area contributed by atoms with Crippen LogP contribution in [0.1, 0.15) is 25.8 Å². The van der Waals surface area contributed by atoms with E-state index in [1.54, 1.807) is 0 Å². The number of ether oxygens (including phenoxy) is 1. The van der Waals surface area contributed by atoms with Crippen LogP contribution in [-0.2, 0) is 11.2 Å². The molecule has 1 fully saturated rings. The average Bonchev–Trinajstić information content (AvgIpc) is 2.40. The Balaban J connectivity index is 2.18. The molecule has 3 nitrogen and oxygen atoms in total. The van der Waals surface area contributed by atoms with E-state index in [2.05, 4.69) is 46.0 Å². The van der Waals surface area contributed by atoms with Crippen molar-refractivity contribution in [2.24, 2.45) is 5.73 Å². The topological polar surface area (TPSA) is 38.5 Å². The molecule has 0 amide bonds. The smallest absolute Gasteiger partial charge is 0.0670 e. The number of anilines is 1. The fourth-order valence-corrected chi connectivity index (χ4v) is 3.09. The number of nitrogens with two attached hydrogens (primary N) is 1. The van der Waals surface area contributed by atoms with Gasteiger partial charge in [0.15, 0.2) is 0 Å². The van der Waals surface area contributed by atoms with Gasteiger partial charge in [0.1, 0.15) is 0 Å². The molecule has 1 aromatic rings. The van der Waals surface area contributed by atoms with E-state index >= 15 is 0 Å². The van der Waals surface area contributed by atoms with Crippen LogP contribution < -0.4 is 10.6 Å². The quantitative estimate of drug-likeness (QED) is 0.924. The van der Waals surface area contributed by atoms with Crippen molar-refractivity contribution >= 4 is 21.6 Å². The Bertz CT molecular complexity index is 423. The minimum absolute atomic E-state index is 0.189. The third-order valence-corrected chi connectivity index (χ3v) is 4.35. The van der Waals surface area contributed by atoms with Crippen LogP contribution in [0.2, 0.25) is 0 Å². The Morgan fingerprint density at radius 2 is 2.32 bits per heavy atom. The summed E-state index contributed by atoms with van der Waals surface area (Å²) < 4.78 is 6.72. The molecule has 106 valence electrons. The first-order valence-corrected chi connectivity index (χ1v) is 7.79. The molecule has 2 unspecified atom stereocenters. The van der Waals surface area contributed by atoms with Gasteiger partial charge in [-0.15, -0.1) is 0 Å². The van der Waals surface area contributed by atoms with Crippen LogP contribution in [0, 0.1) is 0 Å². The van der Waals surface area contributed by atoms with Gasteiger partial charge in [0.2, 0.25) is 0 Å². The summed E-state index contributed by atoms with van der Waals surface area (Å²) in [6, 6.07) is 7.28. The lowest BCUT2D eigenvalue weighted by Crippen LogP contribution is -2.45. The molecule has 1 aromatic carbocycles. The highest BCUT2D eigenvalue weighted by atomic mass is 79.9. The van der Waals surface area contributed by atoms with E-state index in [0.717, 1.165) is 37.1 Å². The lowest BCUT2D eigenvalue weighted by atomic mass is 10.1. The first-order chi connectivity index (χ1) is 9.11.